The van der Waals surface area contributed by atoms with E-state index in [0.29, 0.717) is 12.3 Å². The molecule has 0 aromatic rings. The summed E-state index contributed by atoms with van der Waals surface area (Å²) in [4.78, 5) is 24.4. The number of allylic oxidation sites excluding steroid dienone is 3. The number of carbonyl (C=O) groups excluding carboxylic acids is 2. The van der Waals surface area contributed by atoms with E-state index >= 15 is 0 Å². The summed E-state index contributed by atoms with van der Waals surface area (Å²) >= 11 is 0. The summed E-state index contributed by atoms with van der Waals surface area (Å²) in [6.07, 6.45) is 10.8. The van der Waals surface area contributed by atoms with Crippen molar-refractivity contribution >= 4 is 11.8 Å². The highest BCUT2D eigenvalue weighted by atomic mass is 16.6. The first-order valence-corrected chi connectivity index (χ1v) is 13.9. The Morgan fingerprint density at radius 1 is 1.16 bits per heavy atom. The molecule has 3 aliphatic rings. The first kappa shape index (κ1) is 30.5. The zero-order valence-electron chi connectivity index (χ0n) is 24.0. The van der Waals surface area contributed by atoms with Gasteiger partial charge < -0.3 is 24.6 Å². The maximum atomic E-state index is 12.3. The molecule has 1 spiro atoms. The second kappa shape index (κ2) is 13.3. The summed E-state index contributed by atoms with van der Waals surface area (Å²) in [6, 6.07) is -0.00252. The average Bonchev–Trinajstić information content (AvgIpc) is 3.48. The number of epoxide rings is 1. The molecule has 3 fully saturated rings. The second-order valence-corrected chi connectivity index (χ2v) is 11.3. The Kier molecular flexibility index (Phi) is 10.7. The third-order valence-electron chi connectivity index (χ3n) is 7.77. The third kappa shape index (κ3) is 7.99. The third-order valence-corrected chi connectivity index (χ3v) is 7.77. The van der Waals surface area contributed by atoms with Gasteiger partial charge in [-0.05, 0) is 52.0 Å². The molecule has 0 bridgehead atoms. The molecule has 3 rings (SSSR count). The van der Waals surface area contributed by atoms with Gasteiger partial charge in [0.1, 0.15) is 17.8 Å². The van der Waals surface area contributed by atoms with Crippen LogP contribution < -0.4 is 10.7 Å². The number of carbonyl (C=O) groups is 2. The topological polar surface area (TPSA) is 113 Å². The lowest BCUT2D eigenvalue weighted by Crippen LogP contribution is -2.52. The SMILES string of the molecule is CC/C=C\C(=O)NC1CC(C)C(C/C=C(C)/C=C/C2O[C@H](CC(=O)NN(C)C)CC3(OC3C)[C@@H]2O)OC1C. The second-order valence-electron chi connectivity index (χ2n) is 11.3. The van der Waals surface area contributed by atoms with Gasteiger partial charge in [0.15, 0.2) is 0 Å². The quantitative estimate of drug-likeness (QED) is 0.171. The van der Waals surface area contributed by atoms with Crippen molar-refractivity contribution in [2.24, 2.45) is 5.92 Å². The fourth-order valence-corrected chi connectivity index (χ4v) is 5.48. The molecule has 3 N–H and O–H groups in total. The van der Waals surface area contributed by atoms with Crippen molar-refractivity contribution in [1.29, 1.82) is 0 Å². The summed E-state index contributed by atoms with van der Waals surface area (Å²) in [5.74, 6) is 0.0959. The molecule has 3 heterocycles. The Morgan fingerprint density at radius 3 is 2.50 bits per heavy atom. The molecule has 0 radical (unpaired) electrons. The Labute approximate surface area is 227 Å². The van der Waals surface area contributed by atoms with E-state index in [2.05, 4.69) is 23.7 Å². The Morgan fingerprint density at radius 2 is 1.87 bits per heavy atom. The van der Waals surface area contributed by atoms with Gasteiger partial charge >= 0.3 is 0 Å². The van der Waals surface area contributed by atoms with Crippen LogP contribution in [0.1, 0.15) is 66.7 Å². The molecule has 38 heavy (non-hydrogen) atoms. The number of nitrogens with one attached hydrogen (secondary N) is 2. The van der Waals surface area contributed by atoms with E-state index in [0.717, 1.165) is 24.8 Å². The largest absolute Gasteiger partial charge is 0.387 e. The maximum absolute atomic E-state index is 12.3. The molecule has 214 valence electrons. The minimum absolute atomic E-state index is 0.00252. The number of rotatable bonds is 10. The lowest BCUT2D eigenvalue weighted by Gasteiger charge is -2.39. The zero-order valence-corrected chi connectivity index (χ0v) is 24.0. The zero-order chi connectivity index (χ0) is 28.0. The van der Waals surface area contributed by atoms with Crippen LogP contribution in [0.25, 0.3) is 0 Å². The number of aliphatic hydroxyl groups is 1. The van der Waals surface area contributed by atoms with E-state index in [1.54, 1.807) is 25.2 Å². The van der Waals surface area contributed by atoms with Crippen molar-refractivity contribution in [3.05, 3.63) is 36.0 Å². The van der Waals surface area contributed by atoms with Gasteiger partial charge in [-0.3, -0.25) is 15.0 Å². The molecular weight excluding hydrogens is 486 g/mol. The van der Waals surface area contributed by atoms with Crippen LogP contribution >= 0.6 is 0 Å². The van der Waals surface area contributed by atoms with Gasteiger partial charge in [0.05, 0.1) is 36.9 Å². The van der Waals surface area contributed by atoms with E-state index in [9.17, 15) is 14.7 Å². The average molecular weight is 534 g/mol. The van der Waals surface area contributed by atoms with Gasteiger partial charge in [-0.15, -0.1) is 0 Å². The van der Waals surface area contributed by atoms with Crippen LogP contribution in [0.3, 0.4) is 0 Å². The van der Waals surface area contributed by atoms with Gasteiger partial charge in [0.2, 0.25) is 11.8 Å². The highest BCUT2D eigenvalue weighted by molar-refractivity contribution is 5.87. The molecular formula is C29H47N3O6. The van der Waals surface area contributed by atoms with E-state index in [-0.39, 0.29) is 48.7 Å². The van der Waals surface area contributed by atoms with Crippen molar-refractivity contribution in [2.45, 2.75) is 115 Å². The van der Waals surface area contributed by atoms with Gasteiger partial charge in [-0.2, -0.15) is 0 Å². The number of hydrazine groups is 1. The number of amides is 2. The minimum atomic E-state index is -0.795. The van der Waals surface area contributed by atoms with E-state index < -0.39 is 17.8 Å². The van der Waals surface area contributed by atoms with Crippen molar-refractivity contribution in [2.75, 3.05) is 14.1 Å². The molecule has 0 aliphatic carbocycles. The molecule has 9 nitrogen and oxygen atoms in total. The van der Waals surface area contributed by atoms with Crippen molar-refractivity contribution in [3.63, 3.8) is 0 Å². The van der Waals surface area contributed by atoms with Crippen molar-refractivity contribution in [3.8, 4) is 0 Å². The highest BCUT2D eigenvalue weighted by Crippen LogP contribution is 2.49. The van der Waals surface area contributed by atoms with Gasteiger partial charge in [0, 0.05) is 20.5 Å². The molecule has 9 heteroatoms. The van der Waals surface area contributed by atoms with Gasteiger partial charge in [-0.1, -0.05) is 43.7 Å². The summed E-state index contributed by atoms with van der Waals surface area (Å²) in [5.41, 5.74) is 3.13. The highest BCUT2D eigenvalue weighted by Gasteiger charge is 2.64. The molecule has 3 aliphatic heterocycles. The molecule has 0 saturated carbocycles. The molecule has 7 unspecified atom stereocenters. The fourth-order valence-electron chi connectivity index (χ4n) is 5.48. The van der Waals surface area contributed by atoms with Gasteiger partial charge in [0.25, 0.3) is 0 Å². The molecule has 2 amide bonds. The van der Waals surface area contributed by atoms with Crippen LogP contribution in [0, 0.1) is 5.92 Å². The summed E-state index contributed by atoms with van der Waals surface area (Å²) < 4.78 is 18.2. The predicted octanol–water partition coefficient (Wildman–Crippen LogP) is 2.80. The fraction of sp³-hybridized carbons (Fsp3) is 0.724. The first-order chi connectivity index (χ1) is 17.9. The standard InChI is InChI=1S/C29H47N3O6/c1-8-9-10-26(33)30-23-15-19(3)24(36-20(23)4)13-11-18(2)12-14-25-28(35)29(21(5)38-29)17-22(37-25)16-27(34)31-32(6)7/h9-12,14,19-25,28,35H,8,13,15-17H2,1-7H3,(H,30,33)(H,31,34)/b10-9-,14-12+,18-11+/t19?,20?,21?,22-,23?,24?,25?,28-,29?/m1/s1. The number of ether oxygens (including phenoxy) is 3. The number of hydrogen-bond donors (Lipinski definition) is 3. The lowest BCUT2D eigenvalue weighted by atomic mass is 9.84. The predicted molar refractivity (Wildman–Crippen MR) is 146 cm³/mol. The van der Waals surface area contributed by atoms with Crippen molar-refractivity contribution in [1.82, 2.24) is 15.8 Å². The van der Waals surface area contributed by atoms with Gasteiger partial charge in [-0.25, -0.2) is 5.01 Å². The first-order valence-electron chi connectivity index (χ1n) is 13.9. The molecule has 3 saturated heterocycles. The van der Waals surface area contributed by atoms with Crippen molar-refractivity contribution < 1.29 is 28.9 Å². The number of nitrogens with zero attached hydrogens (tertiary/aromatic N) is 1. The Hall–Kier alpha value is -2.04. The van der Waals surface area contributed by atoms with Crippen LogP contribution in [0.15, 0.2) is 36.0 Å². The molecule has 0 aromatic heterocycles. The monoisotopic (exact) mass is 533 g/mol. The number of aliphatic hydroxyl groups excluding tert-OH is 1. The Balaban J connectivity index is 1.56. The molecule has 9 atom stereocenters. The van der Waals surface area contributed by atoms with Crippen LogP contribution in [0.4, 0.5) is 0 Å². The smallest absolute Gasteiger partial charge is 0.243 e. The van der Waals surface area contributed by atoms with Crippen LogP contribution in [0.5, 0.6) is 0 Å². The number of hydrogen-bond acceptors (Lipinski definition) is 7. The summed E-state index contributed by atoms with van der Waals surface area (Å²) in [6.45, 7) is 10.1. The van der Waals surface area contributed by atoms with Crippen LogP contribution in [-0.2, 0) is 23.8 Å². The van der Waals surface area contributed by atoms with E-state index in [4.69, 9.17) is 14.2 Å². The minimum Gasteiger partial charge on any atom is -0.387 e. The van der Waals surface area contributed by atoms with Crippen LogP contribution in [0.2, 0.25) is 0 Å². The lowest BCUT2D eigenvalue weighted by molar-refractivity contribution is -0.147. The van der Waals surface area contributed by atoms with Crippen LogP contribution in [-0.4, -0.2) is 84.3 Å². The molecule has 0 aromatic carbocycles. The summed E-state index contributed by atoms with van der Waals surface area (Å²) in [7, 11) is 3.53. The van der Waals surface area contributed by atoms with E-state index in [1.807, 2.05) is 45.9 Å². The van der Waals surface area contributed by atoms with E-state index in [1.165, 1.54) is 0 Å². The maximum Gasteiger partial charge on any atom is 0.243 e. The Bertz CT molecular complexity index is 918. The summed E-state index contributed by atoms with van der Waals surface area (Å²) in [5, 5.41) is 15.7. The normalized spacial score (nSPS) is 37.8.